The van der Waals surface area contributed by atoms with Crippen LogP contribution in [0.15, 0.2) is 22.7 Å². The van der Waals surface area contributed by atoms with E-state index in [4.69, 9.17) is 21.1 Å². The third-order valence-electron chi connectivity index (χ3n) is 2.44. The van der Waals surface area contributed by atoms with Crippen molar-refractivity contribution in [1.82, 2.24) is 5.32 Å². The fraction of sp³-hybridized carbons (Fsp3) is 0.462. The smallest absolute Gasteiger partial charge is 0.260 e. The molecule has 2 atom stereocenters. The highest BCUT2D eigenvalue weighted by Gasteiger charge is 2.17. The van der Waals surface area contributed by atoms with Crippen LogP contribution in [0.5, 0.6) is 5.75 Å². The number of amides is 1. The summed E-state index contributed by atoms with van der Waals surface area (Å²) in [6.45, 7) is 1.90. The molecule has 1 amide bonds. The molecule has 0 bridgehead atoms. The molecule has 2 N–H and O–H groups in total. The Morgan fingerprint density at radius 3 is 2.85 bits per heavy atom. The average Bonchev–Trinajstić information content (AvgIpc) is 2.39. The van der Waals surface area contributed by atoms with E-state index in [1.807, 2.05) is 0 Å². The molecule has 0 saturated carbocycles. The van der Waals surface area contributed by atoms with Crippen molar-refractivity contribution in [3.63, 3.8) is 0 Å². The second-order valence-electron chi connectivity index (χ2n) is 4.19. The van der Waals surface area contributed by atoms with Crippen molar-refractivity contribution >= 4 is 33.4 Å². The van der Waals surface area contributed by atoms with Gasteiger partial charge in [-0.15, -0.1) is 0 Å². The summed E-state index contributed by atoms with van der Waals surface area (Å²) in [4.78, 5) is 11.8. The van der Waals surface area contributed by atoms with Crippen LogP contribution in [0.2, 0.25) is 5.02 Å². The largest absolute Gasteiger partial charge is 0.480 e. The van der Waals surface area contributed by atoms with E-state index in [1.165, 1.54) is 7.11 Å². The van der Waals surface area contributed by atoms with Gasteiger partial charge in [-0.1, -0.05) is 11.6 Å². The molecule has 112 valence electrons. The summed E-state index contributed by atoms with van der Waals surface area (Å²) in [5.41, 5.74) is 0. The number of rotatable bonds is 7. The fourth-order valence-electron chi connectivity index (χ4n) is 1.43. The molecule has 1 rings (SSSR count). The Morgan fingerprint density at radius 1 is 1.55 bits per heavy atom. The van der Waals surface area contributed by atoms with Crippen molar-refractivity contribution < 1.29 is 19.4 Å². The second-order valence-corrected chi connectivity index (χ2v) is 5.48. The number of carbonyl (C=O) groups excluding carboxylic acids is 1. The maximum absolute atomic E-state index is 11.8. The van der Waals surface area contributed by atoms with E-state index in [0.717, 1.165) is 0 Å². The Morgan fingerprint density at radius 2 is 2.25 bits per heavy atom. The molecule has 5 nitrogen and oxygen atoms in total. The van der Waals surface area contributed by atoms with Crippen LogP contribution in [0, 0.1) is 0 Å². The first-order valence-electron chi connectivity index (χ1n) is 6.00. The number of carbonyl (C=O) groups is 1. The monoisotopic (exact) mass is 365 g/mol. The van der Waals surface area contributed by atoms with E-state index >= 15 is 0 Å². The summed E-state index contributed by atoms with van der Waals surface area (Å²) in [6.07, 6.45) is -1.43. The van der Waals surface area contributed by atoms with Crippen molar-refractivity contribution in [1.29, 1.82) is 0 Å². The number of ether oxygens (including phenoxy) is 2. The topological polar surface area (TPSA) is 67.8 Å². The predicted octanol–water partition coefficient (Wildman–Crippen LogP) is 1.99. The van der Waals surface area contributed by atoms with E-state index in [0.29, 0.717) is 15.2 Å². The normalized spacial score (nSPS) is 13.7. The van der Waals surface area contributed by atoms with Crippen molar-refractivity contribution in [3.05, 3.63) is 27.7 Å². The number of nitrogens with one attached hydrogen (secondary N) is 1. The van der Waals surface area contributed by atoms with Gasteiger partial charge in [-0.25, -0.2) is 0 Å². The third-order valence-corrected chi connectivity index (χ3v) is 3.29. The molecule has 1 aromatic rings. The van der Waals surface area contributed by atoms with Crippen molar-refractivity contribution in [2.75, 3.05) is 20.3 Å². The van der Waals surface area contributed by atoms with Crippen molar-refractivity contribution in [2.45, 2.75) is 19.1 Å². The highest BCUT2D eigenvalue weighted by atomic mass is 79.9. The van der Waals surface area contributed by atoms with Gasteiger partial charge >= 0.3 is 0 Å². The number of hydrogen-bond donors (Lipinski definition) is 2. The van der Waals surface area contributed by atoms with Crippen LogP contribution in [0.1, 0.15) is 6.92 Å². The first kappa shape index (κ1) is 17.2. The summed E-state index contributed by atoms with van der Waals surface area (Å²) >= 11 is 9.14. The molecule has 0 fully saturated rings. The molecule has 0 aromatic heterocycles. The summed E-state index contributed by atoms with van der Waals surface area (Å²) in [7, 11) is 1.48. The predicted molar refractivity (Wildman–Crippen MR) is 80.1 cm³/mol. The summed E-state index contributed by atoms with van der Waals surface area (Å²) < 4.78 is 11.0. The van der Waals surface area contributed by atoms with E-state index in [9.17, 15) is 9.90 Å². The van der Waals surface area contributed by atoms with E-state index < -0.39 is 12.2 Å². The SMILES string of the molecule is COCC(O)CNC(=O)C(C)Oc1ccc(Cl)cc1Br. The van der Waals surface area contributed by atoms with Gasteiger partial charge in [0.2, 0.25) is 0 Å². The van der Waals surface area contributed by atoms with Gasteiger partial charge in [-0.3, -0.25) is 4.79 Å². The van der Waals surface area contributed by atoms with Gasteiger partial charge in [-0.2, -0.15) is 0 Å². The minimum atomic E-state index is -0.738. The van der Waals surface area contributed by atoms with Gasteiger partial charge in [0.1, 0.15) is 5.75 Å². The standard InChI is InChI=1S/C13H17BrClNO4/c1-8(13(18)16-6-10(17)7-19-2)20-12-4-3-9(15)5-11(12)14/h3-5,8,10,17H,6-7H2,1-2H3,(H,16,18). The van der Waals surface area contributed by atoms with Crippen LogP contribution in [0.3, 0.4) is 0 Å². The molecule has 0 aliphatic carbocycles. The van der Waals surface area contributed by atoms with E-state index in [1.54, 1.807) is 25.1 Å². The molecule has 0 radical (unpaired) electrons. The van der Waals surface area contributed by atoms with Crippen molar-refractivity contribution in [3.8, 4) is 5.75 Å². The zero-order valence-electron chi connectivity index (χ0n) is 11.2. The van der Waals surface area contributed by atoms with Gasteiger partial charge in [-0.05, 0) is 41.1 Å². The summed E-state index contributed by atoms with van der Waals surface area (Å²) in [6, 6.07) is 5.04. The molecule has 1 aromatic carbocycles. The Hall–Kier alpha value is -0.820. The molecule has 0 aliphatic rings. The summed E-state index contributed by atoms with van der Waals surface area (Å²) in [5.74, 6) is 0.205. The maximum atomic E-state index is 11.8. The van der Waals surface area contributed by atoms with Crippen LogP contribution in [-0.2, 0) is 9.53 Å². The molecule has 0 aliphatic heterocycles. The lowest BCUT2D eigenvalue weighted by molar-refractivity contribution is -0.127. The number of hydrogen-bond acceptors (Lipinski definition) is 4. The van der Waals surface area contributed by atoms with Gasteiger partial charge in [0.05, 0.1) is 17.2 Å². The van der Waals surface area contributed by atoms with Crippen LogP contribution in [0.25, 0.3) is 0 Å². The molecule has 7 heteroatoms. The second kappa shape index (κ2) is 8.46. The number of methoxy groups -OCH3 is 1. The number of benzene rings is 1. The highest BCUT2D eigenvalue weighted by molar-refractivity contribution is 9.10. The minimum Gasteiger partial charge on any atom is -0.480 e. The van der Waals surface area contributed by atoms with Gasteiger partial charge < -0.3 is 19.9 Å². The molecular formula is C13H17BrClNO4. The minimum absolute atomic E-state index is 0.113. The summed E-state index contributed by atoms with van der Waals surface area (Å²) in [5, 5.41) is 12.6. The van der Waals surface area contributed by atoms with Gasteiger partial charge in [0.25, 0.3) is 5.91 Å². The van der Waals surface area contributed by atoms with E-state index in [-0.39, 0.29) is 19.1 Å². The lowest BCUT2D eigenvalue weighted by atomic mass is 10.3. The first-order valence-corrected chi connectivity index (χ1v) is 7.17. The lowest BCUT2D eigenvalue weighted by Crippen LogP contribution is -2.41. The molecule has 20 heavy (non-hydrogen) atoms. The Labute approximate surface area is 131 Å². The van der Waals surface area contributed by atoms with Gasteiger partial charge in [0.15, 0.2) is 6.10 Å². The molecule has 0 saturated heterocycles. The number of halogens is 2. The molecular weight excluding hydrogens is 350 g/mol. The Kier molecular flexibility index (Phi) is 7.29. The maximum Gasteiger partial charge on any atom is 0.260 e. The third kappa shape index (κ3) is 5.66. The van der Waals surface area contributed by atoms with Crippen LogP contribution >= 0.6 is 27.5 Å². The highest BCUT2D eigenvalue weighted by Crippen LogP contribution is 2.28. The zero-order chi connectivity index (χ0) is 15.1. The molecule has 0 heterocycles. The van der Waals surface area contributed by atoms with Gasteiger partial charge in [0, 0.05) is 18.7 Å². The average molecular weight is 367 g/mol. The zero-order valence-corrected chi connectivity index (χ0v) is 13.6. The van der Waals surface area contributed by atoms with E-state index in [2.05, 4.69) is 21.2 Å². The fourth-order valence-corrected chi connectivity index (χ4v) is 2.20. The lowest BCUT2D eigenvalue weighted by Gasteiger charge is -2.17. The molecule has 0 spiro atoms. The first-order chi connectivity index (χ1) is 9.43. The van der Waals surface area contributed by atoms with Crippen LogP contribution < -0.4 is 10.1 Å². The quantitative estimate of drug-likeness (QED) is 0.774. The number of aliphatic hydroxyl groups is 1. The van der Waals surface area contributed by atoms with Crippen LogP contribution in [0.4, 0.5) is 0 Å². The Bertz CT molecular complexity index is 458. The Balaban J connectivity index is 2.49. The van der Waals surface area contributed by atoms with Crippen LogP contribution in [-0.4, -0.2) is 43.5 Å². The number of aliphatic hydroxyl groups excluding tert-OH is 1. The van der Waals surface area contributed by atoms with Crippen molar-refractivity contribution in [2.24, 2.45) is 0 Å². The molecule has 2 unspecified atom stereocenters.